The van der Waals surface area contributed by atoms with Crippen molar-refractivity contribution < 1.29 is 0 Å². The smallest absolute Gasteiger partial charge is 0.00775 e. The molecule has 0 fully saturated rings. The fourth-order valence-corrected chi connectivity index (χ4v) is 0.250. The first-order valence-electron chi connectivity index (χ1n) is 3.27. The molecule has 1 N–H and O–H groups in total. The molecule has 0 atom stereocenters. The Kier molecular flexibility index (Phi) is 19.6. The molecule has 0 radical (unpaired) electrons. The quantitative estimate of drug-likeness (QED) is 0.571. The van der Waals surface area contributed by atoms with Crippen LogP contribution in [0.1, 0.15) is 13.8 Å². The van der Waals surface area contributed by atoms with Crippen molar-refractivity contribution in [1.82, 2.24) is 5.32 Å². The lowest BCUT2D eigenvalue weighted by Crippen LogP contribution is -2.09. The highest BCUT2D eigenvalue weighted by atomic mass is 14.8. The zero-order valence-corrected chi connectivity index (χ0v) is 6.48. The van der Waals surface area contributed by atoms with E-state index >= 15 is 0 Å². The second-order valence-electron chi connectivity index (χ2n) is 1.43. The monoisotopic (exact) mass is 127 g/mol. The second-order valence-corrected chi connectivity index (χ2v) is 1.43. The van der Waals surface area contributed by atoms with Gasteiger partial charge < -0.3 is 5.32 Å². The van der Waals surface area contributed by atoms with Gasteiger partial charge in [-0.15, -0.1) is 0 Å². The molecule has 0 aromatic heterocycles. The van der Waals surface area contributed by atoms with Crippen LogP contribution in [0.2, 0.25) is 0 Å². The van der Waals surface area contributed by atoms with E-state index in [-0.39, 0.29) is 0 Å². The summed E-state index contributed by atoms with van der Waals surface area (Å²) in [6.45, 7) is 13.1. The molecule has 0 aliphatic carbocycles. The lowest BCUT2D eigenvalue weighted by molar-refractivity contribution is 0.762. The van der Waals surface area contributed by atoms with Crippen LogP contribution in [0.25, 0.3) is 0 Å². The normalized spacial score (nSPS) is 6.89. The van der Waals surface area contributed by atoms with Gasteiger partial charge in [-0.05, 0) is 13.1 Å². The maximum Gasteiger partial charge on any atom is -0.00775 e. The van der Waals surface area contributed by atoms with Gasteiger partial charge in [0.05, 0.1) is 0 Å². The van der Waals surface area contributed by atoms with Gasteiger partial charge in [-0.3, -0.25) is 0 Å². The van der Waals surface area contributed by atoms with Crippen LogP contribution in [-0.2, 0) is 0 Å². The van der Waals surface area contributed by atoms with Gasteiger partial charge in [0.2, 0.25) is 0 Å². The summed E-state index contributed by atoms with van der Waals surface area (Å²) in [5.74, 6) is 0. The standard InChI is InChI=1S/C4H11N.C4H6/c1-3-5-4-2;1-3-4-2/h5H,3-4H2,1-2H3;3-4H,1-2H2. The molecule has 0 aromatic carbocycles. The van der Waals surface area contributed by atoms with E-state index in [9.17, 15) is 0 Å². The molecule has 0 bridgehead atoms. The summed E-state index contributed by atoms with van der Waals surface area (Å²) in [7, 11) is 0. The third-order valence-corrected chi connectivity index (χ3v) is 0.667. The molecule has 9 heavy (non-hydrogen) atoms. The fraction of sp³-hybridized carbons (Fsp3) is 0.500. The Bertz CT molecular complexity index is 49.6. The molecular formula is C8H17N. The molecule has 0 heterocycles. The first kappa shape index (κ1) is 11.3. The minimum absolute atomic E-state index is 1.09. The van der Waals surface area contributed by atoms with Crippen molar-refractivity contribution in [3.8, 4) is 0 Å². The van der Waals surface area contributed by atoms with Crippen molar-refractivity contribution in [2.24, 2.45) is 0 Å². The molecule has 0 rings (SSSR count). The molecule has 1 heteroatoms. The van der Waals surface area contributed by atoms with E-state index < -0.39 is 0 Å². The number of hydrogen-bond acceptors (Lipinski definition) is 1. The minimum atomic E-state index is 1.09. The highest BCUT2D eigenvalue weighted by molar-refractivity contribution is 4.88. The largest absolute Gasteiger partial charge is 0.317 e. The summed E-state index contributed by atoms with van der Waals surface area (Å²) >= 11 is 0. The van der Waals surface area contributed by atoms with Gasteiger partial charge in [-0.1, -0.05) is 39.2 Å². The maximum absolute atomic E-state index is 3.36. The van der Waals surface area contributed by atoms with Crippen molar-refractivity contribution >= 4 is 0 Å². The summed E-state index contributed by atoms with van der Waals surface area (Å²) in [5, 5.41) is 3.11. The lowest BCUT2D eigenvalue weighted by atomic mass is 10.6. The van der Waals surface area contributed by atoms with Crippen LogP contribution in [0, 0.1) is 0 Å². The molecule has 1 nitrogen and oxygen atoms in total. The summed E-state index contributed by atoms with van der Waals surface area (Å²) in [5.41, 5.74) is 0. The Hall–Kier alpha value is -0.560. The Balaban J connectivity index is 0. The van der Waals surface area contributed by atoms with Gasteiger partial charge in [0, 0.05) is 0 Å². The van der Waals surface area contributed by atoms with Crippen molar-refractivity contribution in [1.29, 1.82) is 0 Å². The van der Waals surface area contributed by atoms with Gasteiger partial charge in [-0.25, -0.2) is 0 Å². The van der Waals surface area contributed by atoms with E-state index in [1.807, 2.05) is 0 Å². The third kappa shape index (κ3) is 37.0. The van der Waals surface area contributed by atoms with Crippen molar-refractivity contribution in [3.63, 3.8) is 0 Å². The molecular weight excluding hydrogens is 110 g/mol. The van der Waals surface area contributed by atoms with Crippen LogP contribution in [0.15, 0.2) is 25.3 Å². The first-order chi connectivity index (χ1) is 4.33. The molecule has 0 unspecified atom stereocenters. The molecule has 0 aliphatic heterocycles. The summed E-state index contributed by atoms with van der Waals surface area (Å²) in [6, 6.07) is 0. The predicted octanol–water partition coefficient (Wildman–Crippen LogP) is 1.97. The van der Waals surface area contributed by atoms with Gasteiger partial charge in [0.25, 0.3) is 0 Å². The minimum Gasteiger partial charge on any atom is -0.317 e. The topological polar surface area (TPSA) is 12.0 Å². The molecule has 0 saturated heterocycles. The predicted molar refractivity (Wildman–Crippen MR) is 44.6 cm³/mol. The van der Waals surface area contributed by atoms with Gasteiger partial charge in [0.15, 0.2) is 0 Å². The van der Waals surface area contributed by atoms with Crippen molar-refractivity contribution in [3.05, 3.63) is 25.3 Å². The zero-order chi connectivity index (χ0) is 7.54. The zero-order valence-electron chi connectivity index (χ0n) is 6.48. The Morgan fingerprint density at radius 1 is 1.11 bits per heavy atom. The molecule has 54 valence electrons. The average molecular weight is 127 g/mol. The van der Waals surface area contributed by atoms with E-state index in [0.29, 0.717) is 0 Å². The summed E-state index contributed by atoms with van der Waals surface area (Å²) in [6.07, 6.45) is 3.28. The van der Waals surface area contributed by atoms with Crippen LogP contribution in [0.4, 0.5) is 0 Å². The van der Waals surface area contributed by atoms with E-state index in [1.54, 1.807) is 12.2 Å². The Morgan fingerprint density at radius 2 is 1.44 bits per heavy atom. The average Bonchev–Trinajstić information content (AvgIpc) is 1.91. The van der Waals surface area contributed by atoms with Crippen molar-refractivity contribution in [2.45, 2.75) is 13.8 Å². The Morgan fingerprint density at radius 3 is 1.44 bits per heavy atom. The summed E-state index contributed by atoms with van der Waals surface area (Å²) < 4.78 is 0. The van der Waals surface area contributed by atoms with E-state index in [4.69, 9.17) is 0 Å². The molecule has 0 aliphatic rings. The molecule has 0 aromatic rings. The number of rotatable bonds is 3. The number of allylic oxidation sites excluding steroid dienone is 2. The van der Waals surface area contributed by atoms with Gasteiger partial charge in [0.1, 0.15) is 0 Å². The van der Waals surface area contributed by atoms with Crippen LogP contribution >= 0.6 is 0 Å². The van der Waals surface area contributed by atoms with Gasteiger partial charge >= 0.3 is 0 Å². The van der Waals surface area contributed by atoms with Crippen LogP contribution in [0.3, 0.4) is 0 Å². The number of nitrogens with one attached hydrogen (secondary N) is 1. The van der Waals surface area contributed by atoms with E-state index in [1.165, 1.54) is 0 Å². The lowest BCUT2D eigenvalue weighted by Gasteiger charge is -1.86. The fourth-order valence-electron chi connectivity index (χ4n) is 0.250. The highest BCUT2D eigenvalue weighted by Crippen LogP contribution is 1.52. The van der Waals surface area contributed by atoms with Crippen LogP contribution < -0.4 is 5.32 Å². The molecule has 0 spiro atoms. The summed E-state index contributed by atoms with van der Waals surface area (Å²) in [4.78, 5) is 0. The van der Waals surface area contributed by atoms with Gasteiger partial charge in [-0.2, -0.15) is 0 Å². The third-order valence-electron chi connectivity index (χ3n) is 0.667. The van der Waals surface area contributed by atoms with E-state index in [2.05, 4.69) is 32.3 Å². The SMILES string of the molecule is C=CC=C.CCNCC. The second kappa shape index (κ2) is 15.7. The van der Waals surface area contributed by atoms with E-state index in [0.717, 1.165) is 13.1 Å². The Labute approximate surface area is 58.5 Å². The number of hydrogen-bond donors (Lipinski definition) is 1. The maximum atomic E-state index is 3.36. The van der Waals surface area contributed by atoms with Crippen molar-refractivity contribution in [2.75, 3.05) is 13.1 Å². The van der Waals surface area contributed by atoms with Crippen LogP contribution in [0.5, 0.6) is 0 Å². The first-order valence-corrected chi connectivity index (χ1v) is 3.27. The molecule has 0 saturated carbocycles. The molecule has 0 amide bonds. The highest BCUT2D eigenvalue weighted by Gasteiger charge is 1.62. The van der Waals surface area contributed by atoms with Crippen LogP contribution in [-0.4, -0.2) is 13.1 Å².